The number of hydrogen-bond acceptors (Lipinski definition) is 4. The largest absolute Gasteiger partial charge is 0.449 e. The van der Waals surface area contributed by atoms with Crippen LogP contribution in [-0.4, -0.2) is 30.4 Å². The van der Waals surface area contributed by atoms with Gasteiger partial charge < -0.3 is 15.2 Å². The molecule has 3 N–H and O–H groups in total. The Labute approximate surface area is 149 Å². The second kappa shape index (κ2) is 8.25. The third-order valence-electron chi connectivity index (χ3n) is 3.44. The normalized spacial score (nSPS) is 15.6. The maximum absolute atomic E-state index is 14.4. The van der Waals surface area contributed by atoms with Gasteiger partial charge in [0.1, 0.15) is 0 Å². The van der Waals surface area contributed by atoms with E-state index in [9.17, 15) is 14.3 Å². The van der Waals surface area contributed by atoms with Crippen molar-refractivity contribution in [2.45, 2.75) is 38.8 Å². The van der Waals surface area contributed by atoms with Crippen molar-refractivity contribution in [3.8, 4) is 0 Å². The minimum atomic E-state index is -0.900. The summed E-state index contributed by atoms with van der Waals surface area (Å²) < 4.78 is 19.8. The first-order chi connectivity index (χ1) is 10.9. The number of aliphatic hydroxyl groups is 1. The highest BCUT2D eigenvalue weighted by atomic mass is 127. The molecular weight excluding hydrogens is 414 g/mol. The second-order valence-corrected chi connectivity index (χ2v) is 7.30. The lowest BCUT2D eigenvalue weighted by molar-refractivity contribution is 0.147. The summed E-state index contributed by atoms with van der Waals surface area (Å²) in [6.07, 6.45) is 0.576. The molecule has 0 bridgehead atoms. The Morgan fingerprint density at radius 3 is 2.78 bits per heavy atom. The van der Waals surface area contributed by atoms with Gasteiger partial charge in [-0.3, -0.25) is 5.32 Å². The van der Waals surface area contributed by atoms with E-state index < -0.39 is 18.0 Å². The Morgan fingerprint density at radius 2 is 2.17 bits per heavy atom. The van der Waals surface area contributed by atoms with Gasteiger partial charge in [0.05, 0.1) is 22.0 Å². The van der Waals surface area contributed by atoms with Crippen molar-refractivity contribution < 1.29 is 19.0 Å². The number of amides is 1. The molecule has 0 saturated heterocycles. The predicted molar refractivity (Wildman–Crippen MR) is 94.9 cm³/mol. The lowest BCUT2D eigenvalue weighted by Gasteiger charge is -2.18. The van der Waals surface area contributed by atoms with Gasteiger partial charge >= 0.3 is 6.09 Å². The second-order valence-electron chi connectivity index (χ2n) is 6.14. The minimum Gasteiger partial charge on any atom is -0.449 e. The van der Waals surface area contributed by atoms with Gasteiger partial charge in [-0.1, -0.05) is 19.9 Å². The molecule has 1 aliphatic carbocycles. The van der Waals surface area contributed by atoms with Gasteiger partial charge in [-0.15, -0.1) is 0 Å². The third-order valence-corrected chi connectivity index (χ3v) is 4.27. The molecule has 0 aliphatic heterocycles. The van der Waals surface area contributed by atoms with Gasteiger partial charge in [0, 0.05) is 18.2 Å². The number of carbonyl (C=O) groups is 1. The molecule has 1 amide bonds. The molecule has 2 rings (SSSR count). The van der Waals surface area contributed by atoms with Crippen molar-refractivity contribution in [2.75, 3.05) is 18.5 Å². The molecule has 0 aromatic heterocycles. The number of hydrogen-bond donors (Lipinski definition) is 3. The van der Waals surface area contributed by atoms with Crippen molar-refractivity contribution >= 4 is 34.4 Å². The van der Waals surface area contributed by atoms with Crippen LogP contribution < -0.4 is 10.6 Å². The summed E-state index contributed by atoms with van der Waals surface area (Å²) in [5.74, 6) is -0.371. The SMILES string of the molecule is CC(C)COC(=O)Nc1c(C(O)CNC2CC2)ccc(I)c1F. The van der Waals surface area contributed by atoms with E-state index in [1.165, 1.54) is 0 Å². The fourth-order valence-electron chi connectivity index (χ4n) is 2.03. The summed E-state index contributed by atoms with van der Waals surface area (Å²) in [5, 5.41) is 15.9. The Hall–Kier alpha value is -0.930. The molecule has 1 atom stereocenters. The topological polar surface area (TPSA) is 70.6 Å². The number of rotatable bonds is 7. The standard InChI is InChI=1S/C16H22FIN2O3/c1-9(2)8-23-16(22)20-15-11(5-6-12(18)14(15)17)13(21)7-19-10-3-4-10/h5-6,9-10,13,19,21H,3-4,7-8H2,1-2H3,(H,20,22). The van der Waals surface area contributed by atoms with E-state index in [0.29, 0.717) is 21.7 Å². The maximum Gasteiger partial charge on any atom is 0.411 e. The van der Waals surface area contributed by atoms with E-state index in [-0.39, 0.29) is 18.2 Å². The number of halogens is 2. The Morgan fingerprint density at radius 1 is 1.48 bits per heavy atom. The van der Waals surface area contributed by atoms with Gasteiger partial charge in [-0.05, 0) is 47.4 Å². The van der Waals surface area contributed by atoms with Gasteiger partial charge in [0.25, 0.3) is 0 Å². The average Bonchev–Trinajstić information content (AvgIpc) is 3.32. The molecule has 1 saturated carbocycles. The molecule has 7 heteroatoms. The maximum atomic E-state index is 14.4. The zero-order valence-corrected chi connectivity index (χ0v) is 15.4. The number of anilines is 1. The lowest BCUT2D eigenvalue weighted by Crippen LogP contribution is -2.25. The minimum absolute atomic E-state index is 0.0178. The highest BCUT2D eigenvalue weighted by molar-refractivity contribution is 14.1. The van der Waals surface area contributed by atoms with Crippen molar-refractivity contribution in [1.29, 1.82) is 0 Å². The van der Waals surface area contributed by atoms with Gasteiger partial charge in [0.15, 0.2) is 5.82 Å². The van der Waals surface area contributed by atoms with Crippen LogP contribution in [0.5, 0.6) is 0 Å². The number of aliphatic hydroxyl groups excluding tert-OH is 1. The van der Waals surface area contributed by atoms with E-state index in [1.807, 2.05) is 36.4 Å². The van der Waals surface area contributed by atoms with Crippen LogP contribution in [0.15, 0.2) is 12.1 Å². The van der Waals surface area contributed by atoms with Gasteiger partial charge in [0.2, 0.25) is 0 Å². The number of carbonyl (C=O) groups excluding carboxylic acids is 1. The molecule has 1 unspecified atom stereocenters. The molecule has 1 fully saturated rings. The van der Waals surface area contributed by atoms with Crippen molar-refractivity contribution in [2.24, 2.45) is 5.92 Å². The number of benzene rings is 1. The van der Waals surface area contributed by atoms with Gasteiger partial charge in [-0.2, -0.15) is 0 Å². The summed E-state index contributed by atoms with van der Waals surface area (Å²) >= 11 is 1.85. The summed E-state index contributed by atoms with van der Waals surface area (Å²) in [6.45, 7) is 4.40. The first-order valence-electron chi connectivity index (χ1n) is 7.71. The Kier molecular flexibility index (Phi) is 6.60. The van der Waals surface area contributed by atoms with Gasteiger partial charge in [-0.25, -0.2) is 9.18 Å². The molecule has 23 heavy (non-hydrogen) atoms. The van der Waals surface area contributed by atoms with E-state index >= 15 is 0 Å². The molecule has 1 aromatic carbocycles. The smallest absolute Gasteiger partial charge is 0.411 e. The molecule has 0 radical (unpaired) electrons. The van der Waals surface area contributed by atoms with Crippen LogP contribution in [-0.2, 0) is 4.74 Å². The summed E-state index contributed by atoms with van der Waals surface area (Å²) in [6, 6.07) is 3.64. The number of ether oxygens (including phenoxy) is 1. The fourth-order valence-corrected chi connectivity index (χ4v) is 2.48. The van der Waals surface area contributed by atoms with Crippen molar-refractivity contribution in [3.05, 3.63) is 27.1 Å². The lowest BCUT2D eigenvalue weighted by atomic mass is 10.1. The first kappa shape index (κ1) is 18.4. The summed E-state index contributed by atoms with van der Waals surface area (Å²) in [7, 11) is 0. The number of nitrogens with one attached hydrogen (secondary N) is 2. The Bertz CT molecular complexity index is 565. The summed E-state index contributed by atoms with van der Waals surface area (Å²) in [5.41, 5.74) is 0.327. The summed E-state index contributed by atoms with van der Waals surface area (Å²) in [4.78, 5) is 11.8. The molecule has 5 nitrogen and oxygen atoms in total. The van der Waals surface area contributed by atoms with E-state index in [1.54, 1.807) is 12.1 Å². The molecular formula is C16H22FIN2O3. The molecule has 1 aromatic rings. The van der Waals surface area contributed by atoms with Crippen LogP contribution in [0.3, 0.4) is 0 Å². The molecule has 0 spiro atoms. The quantitative estimate of drug-likeness (QED) is 0.573. The molecule has 1 aliphatic rings. The first-order valence-corrected chi connectivity index (χ1v) is 8.79. The monoisotopic (exact) mass is 436 g/mol. The highest BCUT2D eigenvalue weighted by Crippen LogP contribution is 2.30. The van der Waals surface area contributed by atoms with Crippen molar-refractivity contribution in [1.82, 2.24) is 5.32 Å². The Balaban J connectivity index is 2.10. The zero-order valence-electron chi connectivity index (χ0n) is 13.2. The molecule has 0 heterocycles. The van der Waals surface area contributed by atoms with Crippen LogP contribution in [0.25, 0.3) is 0 Å². The van der Waals surface area contributed by atoms with Crippen LogP contribution in [0.4, 0.5) is 14.9 Å². The van der Waals surface area contributed by atoms with E-state index in [0.717, 1.165) is 12.8 Å². The predicted octanol–water partition coefficient (Wildman–Crippen LogP) is 3.42. The van der Waals surface area contributed by atoms with Crippen LogP contribution >= 0.6 is 22.6 Å². The van der Waals surface area contributed by atoms with Crippen LogP contribution in [0.2, 0.25) is 0 Å². The van der Waals surface area contributed by atoms with Crippen LogP contribution in [0.1, 0.15) is 38.4 Å². The van der Waals surface area contributed by atoms with Crippen LogP contribution in [0, 0.1) is 15.3 Å². The molecule has 128 valence electrons. The zero-order chi connectivity index (χ0) is 17.0. The average molecular weight is 436 g/mol. The third kappa shape index (κ3) is 5.58. The fraction of sp³-hybridized carbons (Fsp3) is 0.562. The van der Waals surface area contributed by atoms with E-state index in [4.69, 9.17) is 4.74 Å². The highest BCUT2D eigenvalue weighted by Gasteiger charge is 2.24. The van der Waals surface area contributed by atoms with E-state index in [2.05, 4.69) is 10.6 Å². The van der Waals surface area contributed by atoms with Crippen molar-refractivity contribution in [3.63, 3.8) is 0 Å².